The number of aromatic amines is 1. The van der Waals surface area contributed by atoms with Gasteiger partial charge in [0.2, 0.25) is 0 Å². The number of phenolic OH excluding ortho intramolecular Hbond substituents is 1. The van der Waals surface area contributed by atoms with Crippen molar-refractivity contribution in [2.75, 3.05) is 6.54 Å². The third-order valence-electron chi connectivity index (χ3n) is 2.35. The summed E-state index contributed by atoms with van der Waals surface area (Å²) in [5.41, 5.74) is 6.52. The summed E-state index contributed by atoms with van der Waals surface area (Å²) >= 11 is 0. The van der Waals surface area contributed by atoms with Crippen LogP contribution in [-0.4, -0.2) is 21.4 Å². The van der Waals surface area contributed by atoms with Crippen molar-refractivity contribution in [1.82, 2.24) is 9.78 Å². The van der Waals surface area contributed by atoms with E-state index in [0.29, 0.717) is 24.2 Å². The van der Waals surface area contributed by atoms with Gasteiger partial charge < -0.3 is 10.8 Å². The second-order valence-electron chi connectivity index (χ2n) is 3.50. The number of hydrogen-bond acceptors (Lipinski definition) is 3. The van der Waals surface area contributed by atoms with E-state index in [1.165, 1.54) is 10.7 Å². The summed E-state index contributed by atoms with van der Waals surface area (Å²) < 4.78 is 1.38. The maximum atomic E-state index is 11.9. The van der Waals surface area contributed by atoms with Gasteiger partial charge in [-0.05, 0) is 25.1 Å². The quantitative estimate of drug-likeness (QED) is 0.697. The number of nitrogens with zero attached hydrogens (tertiary/aromatic N) is 1. The van der Waals surface area contributed by atoms with Crippen molar-refractivity contribution in [1.29, 1.82) is 0 Å². The van der Waals surface area contributed by atoms with Gasteiger partial charge in [0.25, 0.3) is 5.56 Å². The molecule has 1 aromatic carbocycles. The van der Waals surface area contributed by atoms with E-state index >= 15 is 0 Å². The highest BCUT2D eigenvalue weighted by molar-refractivity contribution is 5.38. The Hall–Kier alpha value is -2.01. The Balaban J connectivity index is 2.45. The van der Waals surface area contributed by atoms with Crippen LogP contribution in [0.5, 0.6) is 5.75 Å². The van der Waals surface area contributed by atoms with E-state index in [0.717, 1.165) is 0 Å². The molecule has 1 heterocycles. The van der Waals surface area contributed by atoms with Crippen LogP contribution in [0.1, 0.15) is 5.56 Å². The zero-order valence-corrected chi connectivity index (χ0v) is 8.68. The zero-order valence-electron chi connectivity index (χ0n) is 8.68. The van der Waals surface area contributed by atoms with Crippen molar-refractivity contribution >= 4 is 0 Å². The lowest BCUT2D eigenvalue weighted by molar-refractivity contribution is 0.474. The molecule has 0 radical (unpaired) electrons. The number of rotatable bonds is 3. The molecule has 0 aliphatic heterocycles. The average molecular weight is 219 g/mol. The van der Waals surface area contributed by atoms with Gasteiger partial charge in [-0.2, -0.15) is 0 Å². The highest BCUT2D eigenvalue weighted by Crippen LogP contribution is 2.13. The molecule has 0 unspecified atom stereocenters. The third-order valence-corrected chi connectivity index (χ3v) is 2.35. The SMILES string of the molecule is NCCc1c[nH]n(-c2cccc(O)c2)c1=O. The van der Waals surface area contributed by atoms with E-state index < -0.39 is 0 Å². The summed E-state index contributed by atoms with van der Waals surface area (Å²) in [5, 5.41) is 12.2. The normalized spacial score (nSPS) is 10.6. The Bertz CT molecular complexity index is 542. The monoisotopic (exact) mass is 219 g/mol. The lowest BCUT2D eigenvalue weighted by Gasteiger charge is -2.01. The minimum absolute atomic E-state index is 0.124. The predicted octanol–water partition coefficient (Wildman–Crippen LogP) is 0.372. The van der Waals surface area contributed by atoms with Gasteiger partial charge in [0.15, 0.2) is 0 Å². The molecular weight excluding hydrogens is 206 g/mol. The van der Waals surface area contributed by atoms with Gasteiger partial charge in [-0.25, -0.2) is 4.68 Å². The van der Waals surface area contributed by atoms with Crippen LogP contribution in [-0.2, 0) is 6.42 Å². The fraction of sp³-hybridized carbons (Fsp3) is 0.182. The molecule has 0 aliphatic carbocycles. The number of hydrogen-bond donors (Lipinski definition) is 3. The first-order valence-electron chi connectivity index (χ1n) is 5.01. The van der Waals surface area contributed by atoms with Crippen molar-refractivity contribution in [2.45, 2.75) is 6.42 Å². The molecule has 5 heteroatoms. The molecule has 16 heavy (non-hydrogen) atoms. The Morgan fingerprint density at radius 3 is 2.94 bits per heavy atom. The van der Waals surface area contributed by atoms with Crippen LogP contribution in [0.15, 0.2) is 35.3 Å². The highest BCUT2D eigenvalue weighted by atomic mass is 16.3. The average Bonchev–Trinajstić information content (AvgIpc) is 2.61. The van der Waals surface area contributed by atoms with Gasteiger partial charge in [0.1, 0.15) is 5.75 Å². The Morgan fingerprint density at radius 2 is 2.25 bits per heavy atom. The number of nitrogens with two attached hydrogens (primary N) is 1. The van der Waals surface area contributed by atoms with E-state index in [-0.39, 0.29) is 11.3 Å². The molecule has 0 amide bonds. The van der Waals surface area contributed by atoms with E-state index in [9.17, 15) is 9.90 Å². The molecule has 4 N–H and O–H groups in total. The van der Waals surface area contributed by atoms with E-state index in [1.54, 1.807) is 24.4 Å². The Morgan fingerprint density at radius 1 is 1.44 bits per heavy atom. The van der Waals surface area contributed by atoms with Crippen LogP contribution in [0.25, 0.3) is 5.69 Å². The first-order valence-corrected chi connectivity index (χ1v) is 5.01. The molecular formula is C11H13N3O2. The molecule has 0 saturated heterocycles. The van der Waals surface area contributed by atoms with Gasteiger partial charge in [-0.3, -0.25) is 9.89 Å². The molecule has 5 nitrogen and oxygen atoms in total. The van der Waals surface area contributed by atoms with Crippen molar-refractivity contribution in [3.63, 3.8) is 0 Å². The fourth-order valence-electron chi connectivity index (χ4n) is 1.56. The Kier molecular flexibility index (Phi) is 2.78. The van der Waals surface area contributed by atoms with Gasteiger partial charge in [-0.1, -0.05) is 6.07 Å². The highest BCUT2D eigenvalue weighted by Gasteiger charge is 2.06. The molecule has 2 rings (SSSR count). The molecule has 0 atom stereocenters. The van der Waals surface area contributed by atoms with Crippen molar-refractivity contribution < 1.29 is 5.11 Å². The molecule has 0 saturated carbocycles. The van der Waals surface area contributed by atoms with E-state index in [2.05, 4.69) is 5.10 Å². The van der Waals surface area contributed by atoms with E-state index in [1.807, 2.05) is 0 Å². The summed E-state index contributed by atoms with van der Waals surface area (Å²) in [6.07, 6.45) is 2.18. The van der Waals surface area contributed by atoms with Crippen LogP contribution in [0.3, 0.4) is 0 Å². The fourth-order valence-corrected chi connectivity index (χ4v) is 1.56. The lowest BCUT2D eigenvalue weighted by atomic mass is 10.2. The molecule has 84 valence electrons. The molecule has 0 aliphatic rings. The standard InChI is InChI=1S/C11H13N3O2/c12-5-4-8-7-13-14(11(8)16)9-2-1-3-10(15)6-9/h1-3,6-7,13,15H,4-5,12H2. The second-order valence-corrected chi connectivity index (χ2v) is 3.50. The summed E-state index contributed by atoms with van der Waals surface area (Å²) in [6.45, 7) is 0.438. The molecule has 0 fully saturated rings. The van der Waals surface area contributed by atoms with Crippen LogP contribution >= 0.6 is 0 Å². The number of nitrogens with one attached hydrogen (secondary N) is 1. The van der Waals surface area contributed by atoms with E-state index in [4.69, 9.17) is 5.73 Å². The minimum Gasteiger partial charge on any atom is -0.508 e. The topological polar surface area (TPSA) is 84.0 Å². The van der Waals surface area contributed by atoms with Crippen LogP contribution in [0, 0.1) is 0 Å². The number of benzene rings is 1. The number of H-pyrrole nitrogens is 1. The van der Waals surface area contributed by atoms with Gasteiger partial charge >= 0.3 is 0 Å². The first kappa shape index (κ1) is 10.5. The van der Waals surface area contributed by atoms with Crippen molar-refractivity contribution in [2.24, 2.45) is 5.73 Å². The molecule has 0 bridgehead atoms. The maximum Gasteiger partial charge on any atom is 0.274 e. The van der Waals surface area contributed by atoms with Crippen LogP contribution in [0.4, 0.5) is 0 Å². The van der Waals surface area contributed by atoms with Crippen molar-refractivity contribution in [3.05, 3.63) is 46.4 Å². The molecule has 2 aromatic rings. The number of phenols is 1. The summed E-state index contributed by atoms with van der Waals surface area (Å²) in [6, 6.07) is 6.49. The van der Waals surface area contributed by atoms with Crippen molar-refractivity contribution in [3.8, 4) is 11.4 Å². The summed E-state index contributed by atoms with van der Waals surface area (Å²) in [5.74, 6) is 0.124. The summed E-state index contributed by atoms with van der Waals surface area (Å²) in [4.78, 5) is 11.9. The third kappa shape index (κ3) is 1.85. The summed E-state index contributed by atoms with van der Waals surface area (Å²) in [7, 11) is 0. The largest absolute Gasteiger partial charge is 0.508 e. The minimum atomic E-state index is -0.129. The van der Waals surface area contributed by atoms with Crippen LogP contribution in [0.2, 0.25) is 0 Å². The first-order chi connectivity index (χ1) is 7.72. The molecule has 1 aromatic heterocycles. The van der Waals surface area contributed by atoms with Crippen LogP contribution < -0.4 is 11.3 Å². The Labute approximate surface area is 92.1 Å². The maximum absolute atomic E-state index is 11.9. The smallest absolute Gasteiger partial charge is 0.274 e. The van der Waals surface area contributed by atoms with Gasteiger partial charge in [-0.15, -0.1) is 0 Å². The lowest BCUT2D eigenvalue weighted by Crippen LogP contribution is -2.19. The predicted molar refractivity (Wildman–Crippen MR) is 60.8 cm³/mol. The number of aromatic hydroxyl groups is 1. The zero-order chi connectivity index (χ0) is 11.5. The molecule has 0 spiro atoms. The van der Waals surface area contributed by atoms with Gasteiger partial charge in [0, 0.05) is 17.8 Å². The van der Waals surface area contributed by atoms with Gasteiger partial charge in [0.05, 0.1) is 5.69 Å². The second kappa shape index (κ2) is 4.24. The number of aromatic nitrogens is 2.